The highest BCUT2D eigenvalue weighted by Crippen LogP contribution is 2.42. The molecule has 54 heavy (non-hydrogen) atoms. The summed E-state index contributed by atoms with van der Waals surface area (Å²) in [4.78, 5) is 31.5. The van der Waals surface area contributed by atoms with Crippen molar-refractivity contribution in [2.45, 2.75) is 12.8 Å². The summed E-state index contributed by atoms with van der Waals surface area (Å²) in [5.41, 5.74) is 11.1. The summed E-state index contributed by atoms with van der Waals surface area (Å²) in [6, 6.07) is 58.0. The Labute approximate surface area is 316 Å². The van der Waals surface area contributed by atoms with Gasteiger partial charge in [-0.15, -0.1) is 11.3 Å². The summed E-state index contributed by atoms with van der Waals surface area (Å²) in [6.07, 6.45) is 1.56. The van der Waals surface area contributed by atoms with Gasteiger partial charge < -0.3 is 4.90 Å². The van der Waals surface area contributed by atoms with Crippen LogP contribution in [-0.4, -0.2) is 15.0 Å². The average molecular weight is 713 g/mol. The van der Waals surface area contributed by atoms with Gasteiger partial charge in [0.15, 0.2) is 22.9 Å². The Kier molecular flexibility index (Phi) is 7.89. The number of hydrogen-bond acceptors (Lipinski definition) is 6. The van der Waals surface area contributed by atoms with Crippen molar-refractivity contribution in [3.05, 3.63) is 202 Å². The smallest absolute Gasteiger partial charge is 0.195 e. The Morgan fingerprint density at radius 2 is 0.981 bits per heavy atom. The summed E-state index contributed by atoms with van der Waals surface area (Å²) in [5, 5.41) is 1.42. The van der Waals surface area contributed by atoms with Crippen molar-refractivity contribution in [2.75, 3.05) is 4.90 Å². The number of rotatable bonds is 6. The second-order valence-corrected chi connectivity index (χ2v) is 14.7. The van der Waals surface area contributed by atoms with Crippen LogP contribution < -0.4 is 10.3 Å². The molecule has 0 bridgehead atoms. The lowest BCUT2D eigenvalue weighted by atomic mass is 9.84. The number of aromatic nitrogens is 3. The Hall–Kier alpha value is -6.76. The number of hydrogen-bond donors (Lipinski definition) is 0. The van der Waals surface area contributed by atoms with Gasteiger partial charge in [-0.3, -0.25) is 4.79 Å². The third-order valence-corrected chi connectivity index (χ3v) is 11.3. The van der Waals surface area contributed by atoms with Gasteiger partial charge in [0.1, 0.15) is 0 Å². The van der Waals surface area contributed by atoms with Gasteiger partial charge in [-0.25, -0.2) is 15.0 Å². The molecule has 0 N–H and O–H groups in total. The topological polar surface area (TPSA) is 59.0 Å². The van der Waals surface area contributed by atoms with E-state index in [4.69, 9.17) is 15.0 Å². The minimum atomic E-state index is 0.0262. The summed E-state index contributed by atoms with van der Waals surface area (Å²) in [5.74, 6) is 1.71. The summed E-state index contributed by atoms with van der Waals surface area (Å²) < 4.78 is 1.95. The van der Waals surface area contributed by atoms with Gasteiger partial charge in [-0.2, -0.15) is 0 Å². The van der Waals surface area contributed by atoms with Gasteiger partial charge in [0, 0.05) is 60.3 Å². The molecule has 0 amide bonds. The molecule has 1 aliphatic rings. The van der Waals surface area contributed by atoms with E-state index in [1.54, 1.807) is 11.3 Å². The van der Waals surface area contributed by atoms with Gasteiger partial charge in [-0.05, 0) is 89.3 Å². The Morgan fingerprint density at radius 3 is 1.59 bits per heavy atom. The molecule has 0 aliphatic heterocycles. The largest absolute Gasteiger partial charge is 0.310 e. The van der Waals surface area contributed by atoms with Crippen molar-refractivity contribution in [3.8, 4) is 34.2 Å². The molecule has 0 atom stereocenters. The van der Waals surface area contributed by atoms with Crippen molar-refractivity contribution >= 4 is 48.6 Å². The molecule has 10 rings (SSSR count). The number of nitrogens with zero attached hydrogens (tertiary/aromatic N) is 4. The van der Waals surface area contributed by atoms with Crippen molar-refractivity contribution in [1.29, 1.82) is 0 Å². The number of anilines is 3. The fourth-order valence-corrected chi connectivity index (χ4v) is 8.67. The number of para-hydroxylation sites is 2. The molecule has 0 saturated carbocycles. The molecule has 0 fully saturated rings. The molecule has 0 radical (unpaired) electrons. The molecule has 0 saturated heterocycles. The number of fused-ring (bicyclic) bond motifs is 4. The highest BCUT2D eigenvalue weighted by Gasteiger charge is 2.24. The molecule has 7 aromatic carbocycles. The monoisotopic (exact) mass is 712 g/mol. The Balaban J connectivity index is 1.08. The fraction of sp³-hybridized carbons (Fsp3) is 0.0417. The molecule has 0 spiro atoms. The lowest BCUT2D eigenvalue weighted by Gasteiger charge is -2.31. The van der Waals surface area contributed by atoms with E-state index >= 15 is 0 Å². The normalized spacial score (nSPS) is 12.0. The van der Waals surface area contributed by atoms with Crippen LogP contribution in [0.4, 0.5) is 17.1 Å². The molecule has 0 unspecified atom stereocenters. The molecule has 2 aromatic heterocycles. The molecule has 256 valence electrons. The average Bonchev–Trinajstić information content (AvgIpc) is 3.24. The SMILES string of the molecule is O=c1c2cc(-c3nc(-c4ccccc4)nc(-c4ccccc4)n3)ccc2sc2cc3c(cc12)Cc1c(cccc1N(c1ccccc1)c1ccccc1)C3. The Morgan fingerprint density at radius 1 is 0.444 bits per heavy atom. The highest BCUT2D eigenvalue weighted by atomic mass is 32.1. The van der Waals surface area contributed by atoms with Gasteiger partial charge in [-0.1, -0.05) is 109 Å². The second-order valence-electron chi connectivity index (χ2n) is 13.6. The maximum atomic E-state index is 14.5. The lowest BCUT2D eigenvalue weighted by Crippen LogP contribution is -2.16. The van der Waals surface area contributed by atoms with Crippen LogP contribution in [-0.2, 0) is 12.8 Å². The molecular formula is C48H32N4OS. The maximum Gasteiger partial charge on any atom is 0.195 e. The standard InChI is InChI=1S/C48H32N4OS/c53-45-40-27-34(48-50-46(31-14-5-1-6-15-31)49-47(51-48)32-16-7-2-8-17-32)24-25-43(40)54-44-30-35-26-33-18-13-23-42(39(33)28-36(35)29-41(44)45)52(37-19-9-3-10-20-37)38-21-11-4-12-22-38/h1-25,27,29-30H,26,28H2. The summed E-state index contributed by atoms with van der Waals surface area (Å²) >= 11 is 1.66. The minimum Gasteiger partial charge on any atom is -0.310 e. The predicted octanol–water partition coefficient (Wildman–Crippen LogP) is 11.6. The molecular weight excluding hydrogens is 681 g/mol. The quantitative estimate of drug-likeness (QED) is 0.161. The first-order chi connectivity index (χ1) is 26.7. The summed E-state index contributed by atoms with van der Waals surface area (Å²) in [6.45, 7) is 0. The molecule has 5 nitrogen and oxygen atoms in total. The van der Waals surface area contributed by atoms with E-state index in [1.807, 2.05) is 78.9 Å². The predicted molar refractivity (Wildman–Crippen MR) is 222 cm³/mol. The van der Waals surface area contributed by atoms with Crippen LogP contribution in [0.15, 0.2) is 175 Å². The first kappa shape index (κ1) is 31.9. The van der Waals surface area contributed by atoms with E-state index in [1.165, 1.54) is 22.3 Å². The van der Waals surface area contributed by atoms with E-state index in [2.05, 4.69) is 95.9 Å². The van der Waals surface area contributed by atoms with Crippen molar-refractivity contribution in [2.24, 2.45) is 0 Å². The highest BCUT2D eigenvalue weighted by molar-refractivity contribution is 7.24. The van der Waals surface area contributed by atoms with Crippen LogP contribution in [0.25, 0.3) is 54.3 Å². The Bertz CT molecular complexity index is 2800. The molecule has 9 aromatic rings. The van der Waals surface area contributed by atoms with Crippen LogP contribution in [0.5, 0.6) is 0 Å². The molecule has 2 heterocycles. The third kappa shape index (κ3) is 5.74. The van der Waals surface area contributed by atoms with Gasteiger partial charge in [0.2, 0.25) is 0 Å². The first-order valence-corrected chi connectivity index (χ1v) is 18.9. The minimum absolute atomic E-state index is 0.0262. The zero-order valence-electron chi connectivity index (χ0n) is 29.2. The first-order valence-electron chi connectivity index (χ1n) is 18.1. The zero-order chi connectivity index (χ0) is 36.0. The van der Waals surface area contributed by atoms with E-state index in [0.717, 1.165) is 61.4 Å². The van der Waals surface area contributed by atoms with E-state index < -0.39 is 0 Å². The number of benzene rings is 7. The molecule has 6 heteroatoms. The van der Waals surface area contributed by atoms with Crippen molar-refractivity contribution < 1.29 is 0 Å². The van der Waals surface area contributed by atoms with Crippen molar-refractivity contribution in [1.82, 2.24) is 15.0 Å². The van der Waals surface area contributed by atoms with E-state index in [-0.39, 0.29) is 5.43 Å². The van der Waals surface area contributed by atoms with E-state index in [0.29, 0.717) is 22.9 Å². The van der Waals surface area contributed by atoms with Crippen molar-refractivity contribution in [3.63, 3.8) is 0 Å². The van der Waals surface area contributed by atoms with Crippen LogP contribution in [0, 0.1) is 0 Å². The van der Waals surface area contributed by atoms with Gasteiger partial charge in [0.05, 0.1) is 0 Å². The van der Waals surface area contributed by atoms with Crippen LogP contribution in [0.1, 0.15) is 22.3 Å². The van der Waals surface area contributed by atoms with Gasteiger partial charge >= 0.3 is 0 Å². The van der Waals surface area contributed by atoms with Gasteiger partial charge in [0.25, 0.3) is 0 Å². The zero-order valence-corrected chi connectivity index (χ0v) is 30.0. The van der Waals surface area contributed by atoms with Crippen LogP contribution >= 0.6 is 11.3 Å². The summed E-state index contributed by atoms with van der Waals surface area (Å²) in [7, 11) is 0. The third-order valence-electron chi connectivity index (χ3n) is 10.2. The van der Waals surface area contributed by atoms with Crippen LogP contribution in [0.3, 0.4) is 0 Å². The van der Waals surface area contributed by atoms with Crippen LogP contribution in [0.2, 0.25) is 0 Å². The lowest BCUT2D eigenvalue weighted by molar-refractivity contribution is 0.999. The van der Waals surface area contributed by atoms with E-state index in [9.17, 15) is 4.79 Å². The molecule has 1 aliphatic carbocycles. The fourth-order valence-electron chi connectivity index (χ4n) is 7.57. The second kappa shape index (κ2) is 13.3. The maximum absolute atomic E-state index is 14.5.